The van der Waals surface area contributed by atoms with Crippen LogP contribution in [0.4, 0.5) is 5.69 Å². The van der Waals surface area contributed by atoms with Gasteiger partial charge in [0.05, 0.1) is 0 Å². The lowest BCUT2D eigenvalue weighted by Crippen LogP contribution is -2.08. The molecule has 0 aliphatic rings. The molecule has 0 saturated carbocycles. The van der Waals surface area contributed by atoms with E-state index in [1.54, 1.807) is 12.1 Å². The van der Waals surface area contributed by atoms with Gasteiger partial charge in [0.1, 0.15) is 0 Å². The molecule has 1 amide bonds. The largest absolute Gasteiger partial charge is 0.322 e. The molecule has 1 aromatic rings. The van der Waals surface area contributed by atoms with Crippen molar-refractivity contribution in [2.75, 3.05) is 5.32 Å². The third kappa shape index (κ3) is 3.76. The second kappa shape index (κ2) is 4.99. The van der Waals surface area contributed by atoms with Crippen LogP contribution in [0, 0.1) is 6.92 Å². The summed E-state index contributed by atoms with van der Waals surface area (Å²) in [6.45, 7) is 5.67. The molecule has 0 aliphatic carbocycles. The van der Waals surface area contributed by atoms with Crippen molar-refractivity contribution in [3.8, 4) is 0 Å². The van der Waals surface area contributed by atoms with Gasteiger partial charge < -0.3 is 5.32 Å². The zero-order valence-corrected chi connectivity index (χ0v) is 9.85. The van der Waals surface area contributed by atoms with Crippen molar-refractivity contribution in [1.82, 2.24) is 0 Å². The Labute approximate surface area is 94.9 Å². The fourth-order valence-corrected chi connectivity index (χ4v) is 1.29. The van der Waals surface area contributed by atoms with Crippen LogP contribution in [0.3, 0.4) is 0 Å². The summed E-state index contributed by atoms with van der Waals surface area (Å²) in [7, 11) is 0. The Morgan fingerprint density at radius 3 is 2.60 bits per heavy atom. The Balaban J connectivity index is 2.78. The lowest BCUT2D eigenvalue weighted by molar-refractivity contribution is -0.111. The van der Waals surface area contributed by atoms with Gasteiger partial charge in [0.15, 0.2) is 0 Å². The third-order valence-electron chi connectivity index (χ3n) is 1.86. The quantitative estimate of drug-likeness (QED) is 0.764. The lowest BCUT2D eigenvalue weighted by atomic mass is 10.2. The first-order chi connectivity index (χ1) is 6.99. The summed E-state index contributed by atoms with van der Waals surface area (Å²) in [6, 6.07) is 5.45. The van der Waals surface area contributed by atoms with Gasteiger partial charge in [0.2, 0.25) is 5.91 Å². The predicted molar refractivity (Wildman–Crippen MR) is 64.2 cm³/mol. The van der Waals surface area contributed by atoms with Crippen molar-refractivity contribution < 1.29 is 4.79 Å². The monoisotopic (exact) mass is 223 g/mol. The Morgan fingerprint density at radius 1 is 1.40 bits per heavy atom. The van der Waals surface area contributed by atoms with Crippen LogP contribution in [0.1, 0.15) is 19.4 Å². The number of anilines is 1. The van der Waals surface area contributed by atoms with Gasteiger partial charge in [-0.2, -0.15) is 0 Å². The molecule has 0 heterocycles. The van der Waals surface area contributed by atoms with Crippen LogP contribution >= 0.6 is 11.6 Å². The van der Waals surface area contributed by atoms with Crippen LogP contribution in [0.5, 0.6) is 0 Å². The van der Waals surface area contributed by atoms with E-state index in [1.165, 1.54) is 0 Å². The van der Waals surface area contributed by atoms with Crippen molar-refractivity contribution in [2.45, 2.75) is 20.8 Å². The van der Waals surface area contributed by atoms with Gasteiger partial charge in [-0.15, -0.1) is 0 Å². The summed E-state index contributed by atoms with van der Waals surface area (Å²) >= 11 is 5.94. The fourth-order valence-electron chi connectivity index (χ4n) is 1.11. The van der Waals surface area contributed by atoms with Crippen molar-refractivity contribution in [3.63, 3.8) is 0 Å². The molecule has 0 aromatic heterocycles. The number of benzene rings is 1. The highest BCUT2D eigenvalue weighted by Crippen LogP contribution is 2.19. The summed E-state index contributed by atoms with van der Waals surface area (Å²) < 4.78 is 0. The van der Waals surface area contributed by atoms with Crippen molar-refractivity contribution >= 4 is 23.2 Å². The molecule has 0 spiro atoms. The molecule has 3 heteroatoms. The van der Waals surface area contributed by atoms with E-state index in [1.807, 2.05) is 32.9 Å². The zero-order chi connectivity index (χ0) is 11.4. The number of amides is 1. The molecule has 15 heavy (non-hydrogen) atoms. The summed E-state index contributed by atoms with van der Waals surface area (Å²) in [6.07, 6.45) is 1.55. The molecule has 0 saturated heterocycles. The maximum Gasteiger partial charge on any atom is 0.248 e. The van der Waals surface area contributed by atoms with E-state index in [-0.39, 0.29) is 5.91 Å². The Kier molecular flexibility index (Phi) is 3.92. The number of carbonyl (C=O) groups excluding carboxylic acids is 1. The SMILES string of the molecule is CC(C)=CC(=O)Nc1ccc(C)c(Cl)c1. The highest BCUT2D eigenvalue weighted by molar-refractivity contribution is 6.31. The summed E-state index contributed by atoms with van der Waals surface area (Å²) in [5.41, 5.74) is 2.68. The minimum Gasteiger partial charge on any atom is -0.322 e. The highest BCUT2D eigenvalue weighted by atomic mass is 35.5. The Bertz CT molecular complexity index is 406. The fraction of sp³-hybridized carbons (Fsp3) is 0.250. The predicted octanol–water partition coefficient (Wildman–Crippen LogP) is 3.55. The molecular weight excluding hydrogens is 210 g/mol. The minimum absolute atomic E-state index is 0.130. The molecular formula is C12H14ClNO. The van der Waals surface area contributed by atoms with Gasteiger partial charge in [-0.05, 0) is 38.5 Å². The van der Waals surface area contributed by atoms with Crippen LogP contribution in [-0.2, 0) is 4.79 Å². The van der Waals surface area contributed by atoms with E-state index in [4.69, 9.17) is 11.6 Å². The zero-order valence-electron chi connectivity index (χ0n) is 9.10. The number of carbonyl (C=O) groups is 1. The smallest absolute Gasteiger partial charge is 0.248 e. The summed E-state index contributed by atoms with van der Waals surface area (Å²) in [5, 5.41) is 3.40. The molecule has 1 rings (SSSR count). The van der Waals surface area contributed by atoms with Gasteiger partial charge >= 0.3 is 0 Å². The maximum atomic E-state index is 11.4. The molecule has 2 nitrogen and oxygen atoms in total. The number of nitrogens with one attached hydrogen (secondary N) is 1. The van der Waals surface area contributed by atoms with Crippen LogP contribution in [0.2, 0.25) is 5.02 Å². The lowest BCUT2D eigenvalue weighted by Gasteiger charge is -2.04. The Hall–Kier alpha value is -1.28. The number of hydrogen-bond donors (Lipinski definition) is 1. The standard InChI is InChI=1S/C12H14ClNO/c1-8(2)6-12(15)14-10-5-4-9(3)11(13)7-10/h4-7H,1-3H3,(H,14,15). The average Bonchev–Trinajstić information content (AvgIpc) is 2.10. The van der Waals surface area contributed by atoms with Crippen molar-refractivity contribution in [1.29, 1.82) is 0 Å². The summed E-state index contributed by atoms with van der Waals surface area (Å²) in [5.74, 6) is -0.130. The van der Waals surface area contributed by atoms with Gasteiger partial charge in [-0.1, -0.05) is 23.2 Å². The molecule has 0 radical (unpaired) electrons. The first-order valence-corrected chi connectivity index (χ1v) is 5.09. The van der Waals surface area contributed by atoms with Crippen LogP contribution in [0.25, 0.3) is 0 Å². The maximum absolute atomic E-state index is 11.4. The molecule has 80 valence electrons. The number of allylic oxidation sites excluding steroid dienone is 1. The third-order valence-corrected chi connectivity index (χ3v) is 2.27. The minimum atomic E-state index is -0.130. The second-order valence-corrected chi connectivity index (χ2v) is 4.08. The Morgan fingerprint density at radius 2 is 2.07 bits per heavy atom. The topological polar surface area (TPSA) is 29.1 Å². The molecule has 0 atom stereocenters. The van der Waals surface area contributed by atoms with E-state index in [2.05, 4.69) is 5.32 Å². The highest BCUT2D eigenvalue weighted by Gasteiger charge is 2.00. The summed E-state index contributed by atoms with van der Waals surface area (Å²) in [4.78, 5) is 11.4. The number of hydrogen-bond acceptors (Lipinski definition) is 1. The first-order valence-electron chi connectivity index (χ1n) is 4.71. The van der Waals surface area contributed by atoms with E-state index in [9.17, 15) is 4.79 Å². The molecule has 1 N–H and O–H groups in total. The van der Waals surface area contributed by atoms with E-state index in [0.717, 1.165) is 11.1 Å². The first kappa shape index (κ1) is 11.8. The van der Waals surface area contributed by atoms with Crippen LogP contribution in [-0.4, -0.2) is 5.91 Å². The van der Waals surface area contributed by atoms with Gasteiger partial charge in [0, 0.05) is 16.8 Å². The number of rotatable bonds is 2. The second-order valence-electron chi connectivity index (χ2n) is 3.67. The molecule has 0 fully saturated rings. The molecule has 0 unspecified atom stereocenters. The van der Waals surface area contributed by atoms with Crippen molar-refractivity contribution in [2.24, 2.45) is 0 Å². The van der Waals surface area contributed by atoms with Crippen LogP contribution in [0.15, 0.2) is 29.8 Å². The van der Waals surface area contributed by atoms with Crippen molar-refractivity contribution in [3.05, 3.63) is 40.4 Å². The molecule has 0 bridgehead atoms. The van der Waals surface area contributed by atoms with E-state index >= 15 is 0 Å². The normalized spacial score (nSPS) is 9.60. The van der Waals surface area contributed by atoms with Crippen LogP contribution < -0.4 is 5.32 Å². The average molecular weight is 224 g/mol. The number of aryl methyl sites for hydroxylation is 1. The van der Waals surface area contributed by atoms with E-state index < -0.39 is 0 Å². The molecule has 0 aliphatic heterocycles. The number of halogens is 1. The molecule has 1 aromatic carbocycles. The van der Waals surface area contributed by atoms with Gasteiger partial charge in [-0.25, -0.2) is 0 Å². The van der Waals surface area contributed by atoms with Gasteiger partial charge in [0.25, 0.3) is 0 Å². The van der Waals surface area contributed by atoms with Gasteiger partial charge in [-0.3, -0.25) is 4.79 Å². The van der Waals surface area contributed by atoms with E-state index in [0.29, 0.717) is 10.7 Å².